The molecule has 0 bridgehead atoms. The van der Waals surface area contributed by atoms with E-state index in [9.17, 15) is 10.1 Å². The molecule has 0 saturated heterocycles. The van der Waals surface area contributed by atoms with Crippen LogP contribution in [0.3, 0.4) is 0 Å². The predicted octanol–water partition coefficient (Wildman–Crippen LogP) is 4.92. The zero-order chi connectivity index (χ0) is 18.2. The molecule has 0 atom stereocenters. The van der Waals surface area contributed by atoms with E-state index in [1.54, 1.807) is 24.3 Å². The molecule has 2 rings (SSSR count). The molecular formula is C20H20ClN3O. The average molecular weight is 354 g/mol. The molecule has 0 aliphatic rings. The summed E-state index contributed by atoms with van der Waals surface area (Å²) < 4.78 is 0. The first-order valence-corrected chi connectivity index (χ1v) is 8.51. The van der Waals surface area contributed by atoms with Crippen LogP contribution in [0.15, 0.2) is 54.2 Å². The number of amides is 1. The molecule has 0 heterocycles. The third kappa shape index (κ3) is 4.85. The number of hydrogen-bond donors (Lipinski definition) is 2. The number of nitriles is 1. The van der Waals surface area contributed by atoms with Crippen molar-refractivity contribution in [1.29, 1.82) is 5.26 Å². The van der Waals surface area contributed by atoms with Crippen LogP contribution in [0.2, 0.25) is 5.02 Å². The fourth-order valence-electron chi connectivity index (χ4n) is 2.43. The fraction of sp³-hybridized carbons (Fsp3) is 0.200. The van der Waals surface area contributed by atoms with Crippen molar-refractivity contribution in [3.8, 4) is 6.07 Å². The van der Waals surface area contributed by atoms with Gasteiger partial charge in [-0.05, 0) is 48.2 Å². The molecule has 128 valence electrons. The first-order valence-electron chi connectivity index (χ1n) is 8.13. The number of halogens is 1. The van der Waals surface area contributed by atoms with Crippen molar-refractivity contribution in [2.75, 3.05) is 10.6 Å². The van der Waals surface area contributed by atoms with Crippen molar-refractivity contribution in [3.63, 3.8) is 0 Å². The van der Waals surface area contributed by atoms with Gasteiger partial charge in [0.2, 0.25) is 0 Å². The van der Waals surface area contributed by atoms with Gasteiger partial charge < -0.3 is 10.6 Å². The van der Waals surface area contributed by atoms with Gasteiger partial charge in [0.15, 0.2) is 0 Å². The molecule has 4 nitrogen and oxygen atoms in total. The van der Waals surface area contributed by atoms with Gasteiger partial charge in [-0.25, -0.2) is 0 Å². The maximum Gasteiger partial charge on any atom is 0.267 e. The van der Waals surface area contributed by atoms with Crippen molar-refractivity contribution < 1.29 is 4.79 Å². The number of benzene rings is 2. The summed E-state index contributed by atoms with van der Waals surface area (Å²) >= 11 is 5.84. The first-order chi connectivity index (χ1) is 12.1. The van der Waals surface area contributed by atoms with Gasteiger partial charge in [0, 0.05) is 22.6 Å². The van der Waals surface area contributed by atoms with E-state index in [0.717, 1.165) is 35.3 Å². The Bertz CT molecular complexity index is 798. The summed E-state index contributed by atoms with van der Waals surface area (Å²) in [6, 6.07) is 14.9. The molecule has 25 heavy (non-hydrogen) atoms. The molecule has 0 radical (unpaired) electrons. The Kier molecular flexibility index (Phi) is 6.62. The maximum atomic E-state index is 12.5. The van der Waals surface area contributed by atoms with Crippen molar-refractivity contribution in [2.45, 2.75) is 26.7 Å². The number of carbonyl (C=O) groups is 1. The molecule has 2 N–H and O–H groups in total. The monoisotopic (exact) mass is 353 g/mol. The molecule has 2 aromatic carbocycles. The average Bonchev–Trinajstić information content (AvgIpc) is 2.63. The minimum Gasteiger partial charge on any atom is -0.360 e. The number of carbonyl (C=O) groups excluding carboxylic acids is 1. The van der Waals surface area contributed by atoms with Gasteiger partial charge in [-0.3, -0.25) is 4.79 Å². The highest BCUT2D eigenvalue weighted by atomic mass is 35.5. The third-order valence-electron chi connectivity index (χ3n) is 3.83. The summed E-state index contributed by atoms with van der Waals surface area (Å²) in [6.07, 6.45) is 3.01. The lowest BCUT2D eigenvalue weighted by molar-refractivity contribution is -0.112. The van der Waals surface area contributed by atoms with E-state index in [4.69, 9.17) is 11.6 Å². The zero-order valence-electron chi connectivity index (χ0n) is 14.3. The summed E-state index contributed by atoms with van der Waals surface area (Å²) in [6.45, 7) is 4.07. The van der Waals surface area contributed by atoms with Crippen LogP contribution >= 0.6 is 11.6 Å². The second-order valence-electron chi connectivity index (χ2n) is 5.43. The Hall–Kier alpha value is -2.77. The highest BCUT2D eigenvalue weighted by Crippen LogP contribution is 2.23. The molecule has 5 heteroatoms. The van der Waals surface area contributed by atoms with Crippen LogP contribution in [0.25, 0.3) is 0 Å². The number of hydrogen-bond acceptors (Lipinski definition) is 3. The summed E-state index contributed by atoms with van der Waals surface area (Å²) in [5, 5.41) is 15.8. The predicted molar refractivity (Wildman–Crippen MR) is 103 cm³/mol. The quantitative estimate of drug-likeness (QED) is 0.572. The molecule has 0 aliphatic heterocycles. The lowest BCUT2D eigenvalue weighted by atomic mass is 10.0. The van der Waals surface area contributed by atoms with E-state index >= 15 is 0 Å². The van der Waals surface area contributed by atoms with Crippen molar-refractivity contribution in [1.82, 2.24) is 0 Å². The standard InChI is InChI=1S/C20H20ClN3O/c1-3-14-6-5-7-15(4-2)19(14)24-20(25)16(12-22)13-23-18-10-8-17(21)9-11-18/h5-11,13,23H,3-4H2,1-2H3,(H,24,25)/b16-13-. The molecule has 0 saturated carbocycles. The lowest BCUT2D eigenvalue weighted by Crippen LogP contribution is -2.17. The minimum absolute atomic E-state index is 0.00269. The number of anilines is 2. The van der Waals surface area contributed by atoms with Crippen LogP contribution in [0.5, 0.6) is 0 Å². The zero-order valence-corrected chi connectivity index (χ0v) is 15.0. The largest absolute Gasteiger partial charge is 0.360 e. The molecule has 1 amide bonds. The van der Waals surface area contributed by atoms with Crippen LogP contribution in [0.1, 0.15) is 25.0 Å². The Morgan fingerprint density at radius 2 is 1.72 bits per heavy atom. The molecule has 0 unspecified atom stereocenters. The van der Waals surface area contributed by atoms with E-state index in [0.29, 0.717) is 5.02 Å². The Morgan fingerprint density at radius 3 is 2.24 bits per heavy atom. The van der Waals surface area contributed by atoms with Gasteiger partial charge in [0.25, 0.3) is 5.91 Å². The Morgan fingerprint density at radius 1 is 1.12 bits per heavy atom. The lowest BCUT2D eigenvalue weighted by Gasteiger charge is -2.14. The van der Waals surface area contributed by atoms with Gasteiger partial charge in [-0.1, -0.05) is 43.6 Å². The Labute approximate surface area is 153 Å². The van der Waals surface area contributed by atoms with Crippen LogP contribution in [-0.2, 0) is 17.6 Å². The van der Waals surface area contributed by atoms with Crippen molar-refractivity contribution in [2.24, 2.45) is 0 Å². The smallest absolute Gasteiger partial charge is 0.267 e. The summed E-state index contributed by atoms with van der Waals surface area (Å²) in [5.41, 5.74) is 3.65. The van der Waals surface area contributed by atoms with Crippen LogP contribution in [-0.4, -0.2) is 5.91 Å². The fourth-order valence-corrected chi connectivity index (χ4v) is 2.56. The SMILES string of the molecule is CCc1cccc(CC)c1NC(=O)/C(C#N)=C\Nc1ccc(Cl)cc1. The van der Waals surface area contributed by atoms with E-state index in [1.807, 2.05) is 38.1 Å². The molecule has 0 aromatic heterocycles. The summed E-state index contributed by atoms with van der Waals surface area (Å²) in [4.78, 5) is 12.5. The number of rotatable bonds is 6. The van der Waals surface area contributed by atoms with E-state index in [-0.39, 0.29) is 5.57 Å². The molecular weight excluding hydrogens is 334 g/mol. The van der Waals surface area contributed by atoms with Gasteiger partial charge in [0.05, 0.1) is 0 Å². The second-order valence-corrected chi connectivity index (χ2v) is 5.87. The number of nitrogens with zero attached hydrogens (tertiary/aromatic N) is 1. The molecule has 0 spiro atoms. The van der Waals surface area contributed by atoms with Crippen LogP contribution in [0.4, 0.5) is 11.4 Å². The number of nitrogens with one attached hydrogen (secondary N) is 2. The molecule has 0 aliphatic carbocycles. The van der Waals surface area contributed by atoms with Gasteiger partial charge in [-0.2, -0.15) is 5.26 Å². The highest BCUT2D eigenvalue weighted by molar-refractivity contribution is 6.30. The highest BCUT2D eigenvalue weighted by Gasteiger charge is 2.13. The third-order valence-corrected chi connectivity index (χ3v) is 4.08. The number of aryl methyl sites for hydroxylation is 2. The van der Waals surface area contributed by atoms with Gasteiger partial charge in [-0.15, -0.1) is 0 Å². The normalized spacial score (nSPS) is 10.9. The Balaban J connectivity index is 2.19. The molecule has 0 fully saturated rings. The summed E-state index contributed by atoms with van der Waals surface area (Å²) in [5.74, 6) is -0.431. The second kappa shape index (κ2) is 8.91. The minimum atomic E-state index is -0.431. The first kappa shape index (κ1) is 18.6. The van der Waals surface area contributed by atoms with E-state index in [1.165, 1.54) is 6.20 Å². The topological polar surface area (TPSA) is 64.9 Å². The molecule has 2 aromatic rings. The van der Waals surface area contributed by atoms with E-state index < -0.39 is 5.91 Å². The van der Waals surface area contributed by atoms with E-state index in [2.05, 4.69) is 10.6 Å². The summed E-state index contributed by atoms with van der Waals surface area (Å²) in [7, 11) is 0. The van der Waals surface area contributed by atoms with Crippen molar-refractivity contribution in [3.05, 3.63) is 70.4 Å². The van der Waals surface area contributed by atoms with Crippen LogP contribution in [0, 0.1) is 11.3 Å². The van der Waals surface area contributed by atoms with Gasteiger partial charge in [0.1, 0.15) is 11.6 Å². The number of para-hydroxylation sites is 1. The van der Waals surface area contributed by atoms with Crippen molar-refractivity contribution >= 4 is 28.9 Å². The maximum absolute atomic E-state index is 12.5. The van der Waals surface area contributed by atoms with Crippen LogP contribution < -0.4 is 10.6 Å². The van der Waals surface area contributed by atoms with Gasteiger partial charge >= 0.3 is 0 Å².